The molecule has 1 aliphatic heterocycles. The molecule has 1 heterocycles. The predicted octanol–water partition coefficient (Wildman–Crippen LogP) is 0.974. The number of likely N-dealkylation sites (tertiary alicyclic amines) is 1. The second kappa shape index (κ2) is 8.81. The van der Waals surface area contributed by atoms with Crippen LogP contribution in [0.3, 0.4) is 0 Å². The quantitative estimate of drug-likeness (QED) is 0.709. The highest BCUT2D eigenvalue weighted by Gasteiger charge is 2.33. The van der Waals surface area contributed by atoms with Gasteiger partial charge in [0.15, 0.2) is 6.54 Å². The van der Waals surface area contributed by atoms with Gasteiger partial charge in [0, 0.05) is 24.4 Å². The zero-order valence-corrected chi connectivity index (χ0v) is 15.8. The van der Waals surface area contributed by atoms with Crippen molar-refractivity contribution in [2.75, 3.05) is 25.0 Å². The first-order valence-electron chi connectivity index (χ1n) is 9.26. The molecular formula is C20H29N4O2+. The molecule has 0 aliphatic carbocycles. The maximum atomic E-state index is 12.4. The van der Waals surface area contributed by atoms with Crippen molar-refractivity contribution in [1.82, 2.24) is 5.32 Å². The van der Waals surface area contributed by atoms with Crippen molar-refractivity contribution in [2.45, 2.75) is 39.2 Å². The Morgan fingerprint density at radius 1 is 1.27 bits per heavy atom. The number of nitrogens with one attached hydrogen (secondary N) is 3. The lowest BCUT2D eigenvalue weighted by atomic mass is 9.90. The Kier molecular flexibility index (Phi) is 6.76. The largest absolute Gasteiger partial charge is 0.333 e. The molecule has 0 saturated carbocycles. The van der Waals surface area contributed by atoms with Gasteiger partial charge >= 0.3 is 0 Å². The molecule has 1 fully saturated rings. The molecule has 6 heteroatoms. The molecule has 1 aromatic rings. The Labute approximate surface area is 155 Å². The van der Waals surface area contributed by atoms with Crippen LogP contribution in [0.2, 0.25) is 0 Å². The van der Waals surface area contributed by atoms with E-state index in [4.69, 9.17) is 0 Å². The minimum atomic E-state index is -0.843. The number of quaternary nitrogens is 1. The fraction of sp³-hybridized carbons (Fsp3) is 0.550. The maximum absolute atomic E-state index is 12.4. The van der Waals surface area contributed by atoms with Crippen LogP contribution in [0.4, 0.5) is 5.69 Å². The monoisotopic (exact) mass is 357 g/mol. The molecule has 6 nitrogen and oxygen atoms in total. The van der Waals surface area contributed by atoms with Gasteiger partial charge in [-0.15, -0.1) is 0 Å². The Hall–Kier alpha value is -2.39. The van der Waals surface area contributed by atoms with E-state index in [1.54, 1.807) is 6.92 Å². The molecule has 1 saturated heterocycles. The standard InChI is InChI=1S/C20H28N4O2/c1-15(2)20(3,14-21)23-18(25)13-24-11-9-16(10-12-24)19(26)22-17-7-5-4-6-8-17/h4-8,15-16H,9-13H2,1-3H3,(H,22,26)(H,23,25)/p+1/t20-/m1/s1. The number of hydrogen-bond donors (Lipinski definition) is 3. The van der Waals surface area contributed by atoms with Gasteiger partial charge in [0.1, 0.15) is 5.54 Å². The summed E-state index contributed by atoms with van der Waals surface area (Å²) >= 11 is 0. The summed E-state index contributed by atoms with van der Waals surface area (Å²) in [5.41, 5.74) is -0.0270. The first-order chi connectivity index (χ1) is 12.3. The highest BCUT2D eigenvalue weighted by atomic mass is 16.2. The van der Waals surface area contributed by atoms with Gasteiger partial charge in [0.2, 0.25) is 5.91 Å². The smallest absolute Gasteiger partial charge is 0.276 e. The second-order valence-electron chi connectivity index (χ2n) is 7.57. The molecule has 0 spiro atoms. The molecule has 1 atom stereocenters. The topological polar surface area (TPSA) is 86.4 Å². The Bertz CT molecular complexity index is 660. The maximum Gasteiger partial charge on any atom is 0.276 e. The lowest BCUT2D eigenvalue weighted by Gasteiger charge is -2.31. The van der Waals surface area contributed by atoms with Gasteiger partial charge in [-0.05, 0) is 25.0 Å². The van der Waals surface area contributed by atoms with E-state index in [-0.39, 0.29) is 23.7 Å². The molecule has 2 rings (SSSR count). The lowest BCUT2D eigenvalue weighted by molar-refractivity contribution is -0.897. The van der Waals surface area contributed by atoms with E-state index in [0.29, 0.717) is 6.54 Å². The summed E-state index contributed by atoms with van der Waals surface area (Å²) in [4.78, 5) is 25.8. The number of hydrogen-bond acceptors (Lipinski definition) is 3. The van der Waals surface area contributed by atoms with Gasteiger partial charge in [-0.3, -0.25) is 9.59 Å². The zero-order chi connectivity index (χ0) is 19.2. The molecule has 0 bridgehead atoms. The number of para-hydroxylation sites is 1. The van der Waals surface area contributed by atoms with Crippen LogP contribution in [-0.2, 0) is 9.59 Å². The average Bonchev–Trinajstić information content (AvgIpc) is 2.62. The number of rotatable bonds is 6. The van der Waals surface area contributed by atoms with Crippen LogP contribution < -0.4 is 15.5 Å². The summed E-state index contributed by atoms with van der Waals surface area (Å²) < 4.78 is 0. The average molecular weight is 357 g/mol. The van der Waals surface area contributed by atoms with Crippen molar-refractivity contribution in [3.8, 4) is 6.07 Å². The van der Waals surface area contributed by atoms with Gasteiger partial charge in [0.05, 0.1) is 19.2 Å². The Balaban J connectivity index is 1.78. The van der Waals surface area contributed by atoms with Crippen molar-refractivity contribution < 1.29 is 14.5 Å². The van der Waals surface area contributed by atoms with Gasteiger partial charge in [0.25, 0.3) is 5.91 Å². The zero-order valence-electron chi connectivity index (χ0n) is 15.8. The van der Waals surface area contributed by atoms with E-state index in [9.17, 15) is 14.9 Å². The van der Waals surface area contributed by atoms with Crippen molar-refractivity contribution in [2.24, 2.45) is 11.8 Å². The molecule has 3 N–H and O–H groups in total. The van der Waals surface area contributed by atoms with Crippen molar-refractivity contribution >= 4 is 17.5 Å². The number of carbonyl (C=O) groups excluding carboxylic acids is 2. The summed E-state index contributed by atoms with van der Waals surface area (Å²) in [7, 11) is 0. The predicted molar refractivity (Wildman–Crippen MR) is 100 cm³/mol. The van der Waals surface area contributed by atoms with Crippen LogP contribution in [0.1, 0.15) is 33.6 Å². The van der Waals surface area contributed by atoms with E-state index >= 15 is 0 Å². The van der Waals surface area contributed by atoms with E-state index in [2.05, 4.69) is 16.7 Å². The number of nitriles is 1. The van der Waals surface area contributed by atoms with E-state index in [0.717, 1.165) is 36.5 Å². The molecule has 1 aliphatic rings. The SMILES string of the molecule is CC(C)[C@@](C)(C#N)NC(=O)C[NH+]1CCC(C(=O)Nc2ccccc2)CC1. The number of nitrogens with zero attached hydrogens (tertiary/aromatic N) is 1. The third kappa shape index (κ3) is 5.30. The summed E-state index contributed by atoms with van der Waals surface area (Å²) in [6.07, 6.45) is 1.53. The van der Waals surface area contributed by atoms with Crippen LogP contribution >= 0.6 is 0 Å². The lowest BCUT2D eigenvalue weighted by Crippen LogP contribution is -3.14. The molecule has 1 aromatic carbocycles. The summed E-state index contributed by atoms with van der Waals surface area (Å²) in [6, 6.07) is 11.7. The highest BCUT2D eigenvalue weighted by molar-refractivity contribution is 5.92. The first kappa shape index (κ1) is 19.9. The third-order valence-corrected chi connectivity index (χ3v) is 5.30. The fourth-order valence-electron chi connectivity index (χ4n) is 3.09. The van der Waals surface area contributed by atoms with Gasteiger partial charge in [-0.1, -0.05) is 32.0 Å². The van der Waals surface area contributed by atoms with Crippen molar-refractivity contribution in [1.29, 1.82) is 5.26 Å². The normalized spacial score (nSPS) is 22.1. The molecular weight excluding hydrogens is 328 g/mol. The summed E-state index contributed by atoms with van der Waals surface area (Å²) in [6.45, 7) is 7.51. The van der Waals surface area contributed by atoms with E-state index in [1.165, 1.54) is 0 Å². The third-order valence-electron chi connectivity index (χ3n) is 5.30. The number of anilines is 1. The number of amides is 2. The van der Waals surface area contributed by atoms with Gasteiger partial charge in [-0.25, -0.2) is 0 Å². The summed E-state index contributed by atoms with van der Waals surface area (Å²) in [5, 5.41) is 15.1. The number of piperidine rings is 1. The molecule has 0 radical (unpaired) electrons. The van der Waals surface area contributed by atoms with Crippen molar-refractivity contribution in [3.63, 3.8) is 0 Å². The van der Waals surface area contributed by atoms with Crippen LogP contribution in [0.15, 0.2) is 30.3 Å². The van der Waals surface area contributed by atoms with Crippen molar-refractivity contribution in [3.05, 3.63) is 30.3 Å². The fourth-order valence-corrected chi connectivity index (χ4v) is 3.09. The van der Waals surface area contributed by atoms with Crippen LogP contribution in [0.25, 0.3) is 0 Å². The van der Waals surface area contributed by atoms with Gasteiger partial charge < -0.3 is 15.5 Å². The minimum absolute atomic E-state index is 0.0120. The molecule has 0 aromatic heterocycles. The van der Waals surface area contributed by atoms with E-state index in [1.807, 2.05) is 44.2 Å². The molecule has 26 heavy (non-hydrogen) atoms. The Morgan fingerprint density at radius 3 is 2.42 bits per heavy atom. The van der Waals surface area contributed by atoms with Crippen LogP contribution in [-0.4, -0.2) is 37.0 Å². The first-order valence-corrected chi connectivity index (χ1v) is 9.26. The highest BCUT2D eigenvalue weighted by Crippen LogP contribution is 2.15. The van der Waals surface area contributed by atoms with Gasteiger partial charge in [-0.2, -0.15) is 5.26 Å². The number of benzene rings is 1. The molecule has 0 unspecified atom stereocenters. The molecule has 2 amide bonds. The van der Waals surface area contributed by atoms with E-state index < -0.39 is 5.54 Å². The van der Waals surface area contributed by atoms with Crippen LogP contribution in [0, 0.1) is 23.2 Å². The second-order valence-corrected chi connectivity index (χ2v) is 7.57. The molecule has 140 valence electrons. The summed E-state index contributed by atoms with van der Waals surface area (Å²) in [5.74, 6) is -0.0255. The minimum Gasteiger partial charge on any atom is -0.333 e. The van der Waals surface area contributed by atoms with Crippen LogP contribution in [0.5, 0.6) is 0 Å². The Morgan fingerprint density at radius 2 is 1.88 bits per heavy atom. The number of carbonyl (C=O) groups is 2.